The lowest BCUT2D eigenvalue weighted by Crippen LogP contribution is -2.27. The van der Waals surface area contributed by atoms with Crippen molar-refractivity contribution in [3.8, 4) is 22.9 Å². The van der Waals surface area contributed by atoms with Gasteiger partial charge in [-0.3, -0.25) is 14.2 Å². The molecule has 0 aliphatic carbocycles. The van der Waals surface area contributed by atoms with E-state index in [-0.39, 0.29) is 0 Å². The van der Waals surface area contributed by atoms with Crippen molar-refractivity contribution in [2.75, 3.05) is 33.9 Å². The van der Waals surface area contributed by atoms with Crippen LogP contribution in [-0.2, 0) is 17.8 Å². The third-order valence-corrected chi connectivity index (χ3v) is 5.60. The molecule has 0 spiro atoms. The summed E-state index contributed by atoms with van der Waals surface area (Å²) in [6, 6.07) is 5.46. The minimum Gasteiger partial charge on any atom is -0.383 e. The molecule has 0 aliphatic heterocycles. The van der Waals surface area contributed by atoms with Crippen LogP contribution in [0.3, 0.4) is 0 Å². The number of hydrogen-bond acceptors (Lipinski definition) is 7. The number of nitrogens with one attached hydrogen (secondary N) is 1. The quantitative estimate of drug-likeness (QED) is 0.375. The molecule has 0 bridgehead atoms. The van der Waals surface area contributed by atoms with Crippen molar-refractivity contribution >= 4 is 16.8 Å². The van der Waals surface area contributed by atoms with E-state index in [1.807, 2.05) is 36.3 Å². The Hall–Kier alpha value is -3.57. The Bertz CT molecular complexity index is 1270. The van der Waals surface area contributed by atoms with Gasteiger partial charge >= 0.3 is 0 Å². The molecule has 4 rings (SSSR count). The third kappa shape index (κ3) is 4.64. The number of aromatic nitrogens is 7. The van der Waals surface area contributed by atoms with Crippen LogP contribution in [0.4, 0.5) is 0 Å². The molecule has 11 heteroatoms. The van der Waals surface area contributed by atoms with E-state index >= 15 is 0 Å². The predicted octanol–water partition coefficient (Wildman–Crippen LogP) is 1.69. The second-order valence-electron chi connectivity index (χ2n) is 7.99. The van der Waals surface area contributed by atoms with Crippen molar-refractivity contribution in [3.63, 3.8) is 0 Å². The van der Waals surface area contributed by atoms with Crippen molar-refractivity contribution in [3.05, 3.63) is 35.7 Å². The number of H-pyrrole nitrogens is 1. The van der Waals surface area contributed by atoms with Crippen LogP contribution in [0.2, 0.25) is 0 Å². The lowest BCUT2D eigenvalue weighted by molar-refractivity contribution is 0.100. The molecule has 3 heterocycles. The zero-order chi connectivity index (χ0) is 23.5. The second kappa shape index (κ2) is 9.51. The summed E-state index contributed by atoms with van der Waals surface area (Å²) in [5, 5.41) is 18.6. The highest BCUT2D eigenvalue weighted by Crippen LogP contribution is 2.29. The van der Waals surface area contributed by atoms with Gasteiger partial charge in [-0.2, -0.15) is 10.2 Å². The molecule has 0 radical (unpaired) electrons. The van der Waals surface area contributed by atoms with Gasteiger partial charge < -0.3 is 20.4 Å². The third-order valence-electron chi connectivity index (χ3n) is 5.60. The molecule has 0 fully saturated rings. The fourth-order valence-electron chi connectivity index (χ4n) is 3.79. The lowest BCUT2D eigenvalue weighted by Gasteiger charge is -2.16. The maximum absolute atomic E-state index is 12.1. The molecule has 0 aliphatic rings. The van der Waals surface area contributed by atoms with Crippen molar-refractivity contribution in [2.45, 2.75) is 26.9 Å². The Morgan fingerprint density at radius 3 is 2.70 bits per heavy atom. The number of ether oxygens (including phenoxy) is 1. The summed E-state index contributed by atoms with van der Waals surface area (Å²) in [5.74, 6) is 0.635. The molecule has 174 valence electrons. The molecular weight excluding hydrogens is 422 g/mol. The number of methoxy groups -OCH3 is 1. The van der Waals surface area contributed by atoms with Crippen molar-refractivity contribution in [2.24, 2.45) is 5.73 Å². The highest BCUT2D eigenvalue weighted by molar-refractivity contribution is 6.02. The van der Waals surface area contributed by atoms with E-state index in [4.69, 9.17) is 10.5 Å². The fourth-order valence-corrected chi connectivity index (χ4v) is 3.79. The molecule has 4 aromatic rings. The van der Waals surface area contributed by atoms with Crippen LogP contribution in [0, 0.1) is 6.92 Å². The number of aromatic amines is 1. The van der Waals surface area contributed by atoms with Gasteiger partial charge in [-0.05, 0) is 39.1 Å². The number of primary amides is 1. The molecule has 3 N–H and O–H groups in total. The summed E-state index contributed by atoms with van der Waals surface area (Å²) in [4.78, 5) is 17.5. The molecule has 0 atom stereocenters. The zero-order valence-corrected chi connectivity index (χ0v) is 19.4. The Balaban J connectivity index is 1.71. The summed E-state index contributed by atoms with van der Waals surface area (Å²) < 4.78 is 8.88. The van der Waals surface area contributed by atoms with Gasteiger partial charge in [0.2, 0.25) is 5.91 Å². The first kappa shape index (κ1) is 22.6. The normalized spacial score (nSPS) is 11.7. The van der Waals surface area contributed by atoms with Crippen LogP contribution in [0.25, 0.3) is 33.8 Å². The van der Waals surface area contributed by atoms with Gasteiger partial charge in [0.1, 0.15) is 5.69 Å². The van der Waals surface area contributed by atoms with Gasteiger partial charge in [-0.1, -0.05) is 0 Å². The number of carbonyl (C=O) groups excluding carboxylic acids is 1. The van der Waals surface area contributed by atoms with Crippen LogP contribution in [0.5, 0.6) is 0 Å². The maximum atomic E-state index is 12.1. The van der Waals surface area contributed by atoms with Gasteiger partial charge in [0.25, 0.3) is 0 Å². The highest BCUT2D eigenvalue weighted by atomic mass is 16.5. The number of hydrogen-bond donors (Lipinski definition) is 2. The number of amides is 1. The van der Waals surface area contributed by atoms with E-state index in [0.717, 1.165) is 40.9 Å². The number of fused-ring (bicyclic) bond motifs is 1. The van der Waals surface area contributed by atoms with E-state index in [1.165, 1.54) is 0 Å². The van der Waals surface area contributed by atoms with Crippen molar-refractivity contribution < 1.29 is 9.53 Å². The number of carbonyl (C=O) groups is 1. The van der Waals surface area contributed by atoms with Gasteiger partial charge in [0, 0.05) is 43.3 Å². The summed E-state index contributed by atoms with van der Waals surface area (Å²) in [7, 11) is 3.72. The number of aryl methyl sites for hydroxylation is 2. The number of nitrogens with two attached hydrogens (primary N) is 1. The van der Waals surface area contributed by atoms with Gasteiger partial charge in [0.05, 0.1) is 30.6 Å². The minimum atomic E-state index is -0.512. The van der Waals surface area contributed by atoms with Gasteiger partial charge in [0.15, 0.2) is 11.6 Å². The average molecular weight is 452 g/mol. The van der Waals surface area contributed by atoms with E-state index in [0.29, 0.717) is 36.9 Å². The largest absolute Gasteiger partial charge is 0.383 e. The summed E-state index contributed by atoms with van der Waals surface area (Å²) in [5.41, 5.74) is 9.31. The lowest BCUT2D eigenvalue weighted by atomic mass is 10.0. The molecule has 33 heavy (non-hydrogen) atoms. The number of nitrogens with zero attached hydrogens (tertiary/aromatic N) is 7. The molecule has 1 amide bonds. The minimum absolute atomic E-state index is 0.388. The first-order valence-electron chi connectivity index (χ1n) is 10.9. The zero-order valence-electron chi connectivity index (χ0n) is 19.4. The number of rotatable bonds is 10. The number of benzene rings is 1. The molecule has 1 aromatic carbocycles. The van der Waals surface area contributed by atoms with Crippen LogP contribution >= 0.6 is 0 Å². The SMILES string of the molecule is CCn1nc(C)cc1-c1nnc(-c2cc(C(N)=O)cc3c2cnn3CCN(C)CCOC)[nH]1. The molecule has 3 aromatic heterocycles. The molecule has 0 saturated heterocycles. The Morgan fingerprint density at radius 1 is 1.18 bits per heavy atom. The van der Waals surface area contributed by atoms with Crippen LogP contribution < -0.4 is 5.73 Å². The second-order valence-corrected chi connectivity index (χ2v) is 7.99. The number of likely N-dealkylation sites (N-methyl/N-ethyl adjacent to an activating group) is 1. The van der Waals surface area contributed by atoms with E-state index < -0.39 is 5.91 Å². The van der Waals surface area contributed by atoms with Crippen molar-refractivity contribution in [1.29, 1.82) is 0 Å². The van der Waals surface area contributed by atoms with E-state index in [9.17, 15) is 4.79 Å². The van der Waals surface area contributed by atoms with Crippen molar-refractivity contribution in [1.82, 2.24) is 39.6 Å². The van der Waals surface area contributed by atoms with E-state index in [1.54, 1.807) is 25.4 Å². The van der Waals surface area contributed by atoms with Crippen LogP contribution in [0.1, 0.15) is 23.0 Å². The Morgan fingerprint density at radius 2 is 1.97 bits per heavy atom. The highest BCUT2D eigenvalue weighted by Gasteiger charge is 2.18. The topological polar surface area (TPSA) is 133 Å². The van der Waals surface area contributed by atoms with Crippen LogP contribution in [0.15, 0.2) is 24.4 Å². The first-order chi connectivity index (χ1) is 15.9. The van der Waals surface area contributed by atoms with E-state index in [2.05, 4.69) is 30.3 Å². The van der Waals surface area contributed by atoms with Gasteiger partial charge in [-0.15, -0.1) is 10.2 Å². The molecule has 11 nitrogen and oxygen atoms in total. The predicted molar refractivity (Wildman–Crippen MR) is 125 cm³/mol. The maximum Gasteiger partial charge on any atom is 0.248 e. The summed E-state index contributed by atoms with van der Waals surface area (Å²) in [6.45, 7) is 7.60. The first-order valence-corrected chi connectivity index (χ1v) is 10.9. The Kier molecular flexibility index (Phi) is 6.52. The monoisotopic (exact) mass is 451 g/mol. The molecule has 0 saturated carbocycles. The summed E-state index contributed by atoms with van der Waals surface area (Å²) >= 11 is 0. The standard InChI is InChI=1S/C22H29N9O2/c1-5-30-19(10-14(2)28-30)22-25-21(26-27-22)16-11-15(20(23)32)12-18-17(16)13-24-31(18)7-6-29(3)8-9-33-4/h10-13H,5-9H2,1-4H3,(H2,23,32)(H,25,26,27). The molecule has 0 unspecified atom stereocenters. The van der Waals surface area contributed by atoms with Gasteiger partial charge in [-0.25, -0.2) is 0 Å². The summed E-state index contributed by atoms with van der Waals surface area (Å²) in [6.07, 6.45) is 1.78. The smallest absolute Gasteiger partial charge is 0.248 e. The molecular formula is C22H29N9O2. The average Bonchev–Trinajstić information content (AvgIpc) is 3.53. The Labute approximate surface area is 191 Å². The fraction of sp³-hybridized carbons (Fsp3) is 0.409. The van der Waals surface area contributed by atoms with Crippen LogP contribution in [-0.4, -0.2) is 79.4 Å².